The third-order valence-electron chi connectivity index (χ3n) is 1.39. The predicted molar refractivity (Wildman–Crippen MR) is 57.8 cm³/mol. The summed E-state index contributed by atoms with van der Waals surface area (Å²) < 4.78 is 5.31. The van der Waals surface area contributed by atoms with Gasteiger partial charge < -0.3 is 4.74 Å². The molecule has 14 heavy (non-hydrogen) atoms. The number of rotatable bonds is 2. The Kier molecular flexibility index (Phi) is 2.81. The zero-order chi connectivity index (χ0) is 9.97. The number of aromatic nitrogens is 1. The molecule has 0 bridgehead atoms. The first-order valence-corrected chi connectivity index (χ1v) is 6.17. The molecule has 6 heteroatoms. The van der Waals surface area contributed by atoms with Crippen molar-refractivity contribution in [3.05, 3.63) is 39.0 Å². The summed E-state index contributed by atoms with van der Waals surface area (Å²) in [4.78, 5) is 14.2. The maximum absolute atomic E-state index is 10.8. The fourth-order valence-electron chi connectivity index (χ4n) is 0.826. The van der Waals surface area contributed by atoms with E-state index in [1.165, 1.54) is 10.3 Å². The van der Waals surface area contributed by atoms with Crippen LogP contribution in [0.2, 0.25) is 5.02 Å². The molecule has 0 aliphatic rings. The summed E-state index contributed by atoms with van der Waals surface area (Å²) in [5.74, 6) is 0.621. The van der Waals surface area contributed by atoms with Crippen LogP contribution in [-0.2, 0) is 0 Å². The van der Waals surface area contributed by atoms with E-state index in [0.29, 0.717) is 16.0 Å². The number of hydrogen-bond acceptors (Lipinski definition) is 5. The summed E-state index contributed by atoms with van der Waals surface area (Å²) in [6.07, 6.45) is 0. The van der Waals surface area contributed by atoms with Crippen molar-refractivity contribution in [1.29, 1.82) is 0 Å². The normalized spacial score (nSPS) is 10.1. The first-order valence-electron chi connectivity index (χ1n) is 3.64. The molecule has 72 valence electrons. The lowest BCUT2D eigenvalue weighted by molar-refractivity contribution is 0.478. The van der Waals surface area contributed by atoms with Crippen LogP contribution in [0.1, 0.15) is 0 Å². The van der Waals surface area contributed by atoms with Gasteiger partial charge in [0.25, 0.3) is 5.19 Å². The number of nitrogens with zero attached hydrogens (tertiary/aromatic N) is 1. The van der Waals surface area contributed by atoms with Crippen LogP contribution >= 0.6 is 32.3 Å². The van der Waals surface area contributed by atoms with Gasteiger partial charge in [-0.25, -0.2) is 0 Å². The molecule has 0 atom stereocenters. The topological polar surface area (TPSA) is 39.2 Å². The molecule has 1 aromatic heterocycles. The van der Waals surface area contributed by atoms with Gasteiger partial charge >= 0.3 is 4.87 Å². The molecule has 3 nitrogen and oxygen atoms in total. The van der Waals surface area contributed by atoms with Crippen molar-refractivity contribution in [2.75, 3.05) is 0 Å². The molecule has 0 saturated carbocycles. The first kappa shape index (κ1) is 9.64. The van der Waals surface area contributed by atoms with Crippen molar-refractivity contribution in [2.24, 2.45) is 0 Å². The summed E-state index contributed by atoms with van der Waals surface area (Å²) in [7, 11) is 2.26. The molecule has 0 unspecified atom stereocenters. The molecule has 0 saturated heterocycles. The lowest BCUT2D eigenvalue weighted by Gasteiger charge is -1.99. The van der Waals surface area contributed by atoms with Crippen LogP contribution < -0.4 is 9.61 Å². The Labute approximate surface area is 92.0 Å². The molecule has 0 spiro atoms. The molecule has 0 radical (unpaired) electrons. The molecular formula is C8H4ClNO2S2. The molecular weight excluding hydrogens is 242 g/mol. The van der Waals surface area contributed by atoms with Gasteiger partial charge in [0.2, 0.25) is 0 Å². The summed E-state index contributed by atoms with van der Waals surface area (Å²) in [6.45, 7) is 0. The van der Waals surface area contributed by atoms with E-state index in [1.54, 1.807) is 24.3 Å². The molecule has 0 fully saturated rings. The highest BCUT2D eigenvalue weighted by Crippen LogP contribution is 2.24. The summed E-state index contributed by atoms with van der Waals surface area (Å²) in [5, 5.41) is 1.01. The summed E-state index contributed by atoms with van der Waals surface area (Å²) >= 11 is 5.70. The zero-order valence-corrected chi connectivity index (χ0v) is 9.16. The van der Waals surface area contributed by atoms with Gasteiger partial charge in [-0.1, -0.05) is 11.6 Å². The highest BCUT2D eigenvalue weighted by atomic mass is 35.5. The average Bonchev–Trinajstić information content (AvgIpc) is 2.56. The smallest absolute Gasteiger partial charge is 0.340 e. The van der Waals surface area contributed by atoms with E-state index in [-0.39, 0.29) is 4.87 Å². The van der Waals surface area contributed by atoms with Crippen LogP contribution in [0.5, 0.6) is 10.9 Å². The lowest BCUT2D eigenvalue weighted by atomic mass is 10.3. The van der Waals surface area contributed by atoms with Crippen molar-refractivity contribution in [3.63, 3.8) is 0 Å². The van der Waals surface area contributed by atoms with E-state index in [9.17, 15) is 4.79 Å². The van der Waals surface area contributed by atoms with Crippen molar-refractivity contribution < 1.29 is 4.74 Å². The van der Waals surface area contributed by atoms with Gasteiger partial charge in [-0.05, 0) is 44.9 Å². The van der Waals surface area contributed by atoms with Crippen molar-refractivity contribution >= 4 is 32.3 Å². The fourth-order valence-corrected chi connectivity index (χ4v) is 2.28. The van der Waals surface area contributed by atoms with Gasteiger partial charge in [0, 0.05) is 5.02 Å². The number of benzene rings is 1. The molecule has 0 aliphatic carbocycles. The van der Waals surface area contributed by atoms with Crippen LogP contribution in [0.25, 0.3) is 0 Å². The molecule has 0 aliphatic heterocycles. The Morgan fingerprint density at radius 3 is 2.50 bits per heavy atom. The van der Waals surface area contributed by atoms with E-state index in [4.69, 9.17) is 16.3 Å². The maximum Gasteiger partial charge on any atom is 0.340 e. The Bertz CT molecular complexity index is 477. The minimum Gasteiger partial charge on any atom is -0.430 e. The van der Waals surface area contributed by atoms with Crippen LogP contribution in [0, 0.1) is 0 Å². The van der Waals surface area contributed by atoms with Crippen molar-refractivity contribution in [3.8, 4) is 10.9 Å². The lowest BCUT2D eigenvalue weighted by Crippen LogP contribution is -1.93. The highest BCUT2D eigenvalue weighted by Gasteiger charge is 2.02. The average molecular weight is 246 g/mol. The van der Waals surface area contributed by atoms with Crippen molar-refractivity contribution in [1.82, 2.24) is 4.98 Å². The van der Waals surface area contributed by atoms with Gasteiger partial charge in [-0.2, -0.15) is 4.98 Å². The molecule has 1 heterocycles. The van der Waals surface area contributed by atoms with Gasteiger partial charge in [-0.15, -0.1) is 0 Å². The zero-order valence-electron chi connectivity index (χ0n) is 6.77. The fraction of sp³-hybridized carbons (Fsp3) is 0. The van der Waals surface area contributed by atoms with Gasteiger partial charge in [0.05, 0.1) is 0 Å². The van der Waals surface area contributed by atoms with Crippen LogP contribution in [0.3, 0.4) is 0 Å². The van der Waals surface area contributed by atoms with Gasteiger partial charge in [0.1, 0.15) is 5.75 Å². The van der Waals surface area contributed by atoms with E-state index in [2.05, 4.69) is 4.98 Å². The Morgan fingerprint density at radius 2 is 1.93 bits per heavy atom. The van der Waals surface area contributed by atoms with Crippen LogP contribution in [-0.4, -0.2) is 4.98 Å². The van der Waals surface area contributed by atoms with E-state index >= 15 is 0 Å². The van der Waals surface area contributed by atoms with E-state index in [0.717, 1.165) is 10.3 Å². The molecule has 2 aromatic rings. The summed E-state index contributed by atoms with van der Waals surface area (Å²) in [5.41, 5.74) is 0. The first-order chi connectivity index (χ1) is 6.74. The van der Waals surface area contributed by atoms with E-state index in [1.807, 2.05) is 0 Å². The quantitative estimate of drug-likeness (QED) is 0.764. The molecule has 1 aromatic carbocycles. The van der Waals surface area contributed by atoms with E-state index < -0.39 is 0 Å². The van der Waals surface area contributed by atoms with Gasteiger partial charge in [-0.3, -0.25) is 4.79 Å². The monoisotopic (exact) mass is 245 g/mol. The van der Waals surface area contributed by atoms with Crippen LogP contribution in [0.4, 0.5) is 0 Å². The Hall–Kier alpha value is -0.910. The standard InChI is InChI=1S/C8H4ClNO2S2/c9-5-1-3-6(4-2-5)12-8-10-7(11)13-14-8/h1-4H. The Balaban J connectivity index is 2.19. The third-order valence-corrected chi connectivity index (χ3v) is 3.38. The molecule has 0 amide bonds. The minimum atomic E-state index is -0.237. The van der Waals surface area contributed by atoms with Crippen molar-refractivity contribution in [2.45, 2.75) is 0 Å². The SMILES string of the molecule is O=c1nc(Oc2ccc(Cl)cc2)ss1. The van der Waals surface area contributed by atoms with Gasteiger partial charge in [0.15, 0.2) is 0 Å². The third kappa shape index (κ3) is 2.31. The minimum absolute atomic E-state index is 0.237. The maximum atomic E-state index is 10.8. The largest absolute Gasteiger partial charge is 0.430 e. The second-order valence-electron chi connectivity index (χ2n) is 2.37. The Morgan fingerprint density at radius 1 is 1.21 bits per heavy atom. The predicted octanol–water partition coefficient (Wildman–Crippen LogP) is 3.01. The molecule has 2 rings (SSSR count). The highest BCUT2D eigenvalue weighted by molar-refractivity contribution is 7.69. The number of ether oxygens (including phenoxy) is 1. The number of halogens is 1. The second kappa shape index (κ2) is 4.08. The summed E-state index contributed by atoms with van der Waals surface area (Å²) in [6, 6.07) is 6.87. The van der Waals surface area contributed by atoms with Crippen LogP contribution in [0.15, 0.2) is 29.1 Å². The second-order valence-corrected chi connectivity index (χ2v) is 4.83. The number of hydrogen-bond donors (Lipinski definition) is 0. The molecule has 0 N–H and O–H groups in total.